The molecule has 2 aromatic rings. The number of hydrogen-bond acceptors (Lipinski definition) is 5. The fourth-order valence-electron chi connectivity index (χ4n) is 2.80. The molecule has 128 valence electrons. The Kier molecular flexibility index (Phi) is 5.34. The molecule has 5 heteroatoms. The first-order valence-electron chi connectivity index (χ1n) is 7.66. The summed E-state index contributed by atoms with van der Waals surface area (Å²) in [5, 5.41) is 19.1. The lowest BCUT2D eigenvalue weighted by atomic mass is 9.85. The van der Waals surface area contributed by atoms with E-state index in [1.54, 1.807) is 26.0 Å². The van der Waals surface area contributed by atoms with Gasteiger partial charge in [-0.3, -0.25) is 4.79 Å². The zero-order valence-corrected chi connectivity index (χ0v) is 14.2. The summed E-state index contributed by atoms with van der Waals surface area (Å²) in [5.41, 5.74) is 1.43. The Bertz CT molecular complexity index is 677. The SMILES string of the molecule is COc1cc(O)ccc1C(C)C(=O)C(C)c1ccc(O)cc1OC. The van der Waals surface area contributed by atoms with E-state index in [9.17, 15) is 15.0 Å². The minimum absolute atomic E-state index is 0.0111. The number of benzene rings is 2. The van der Waals surface area contributed by atoms with Crippen molar-refractivity contribution < 1.29 is 24.5 Å². The van der Waals surface area contributed by atoms with Crippen LogP contribution in [0.3, 0.4) is 0 Å². The first kappa shape index (κ1) is 17.7. The van der Waals surface area contributed by atoms with Crippen molar-refractivity contribution in [1.82, 2.24) is 0 Å². The van der Waals surface area contributed by atoms with Gasteiger partial charge in [-0.25, -0.2) is 0 Å². The highest BCUT2D eigenvalue weighted by molar-refractivity contribution is 5.92. The maximum Gasteiger partial charge on any atom is 0.147 e. The van der Waals surface area contributed by atoms with Crippen LogP contribution in [0.1, 0.15) is 36.8 Å². The number of carbonyl (C=O) groups excluding carboxylic acids is 1. The zero-order chi connectivity index (χ0) is 17.9. The van der Waals surface area contributed by atoms with E-state index in [0.29, 0.717) is 22.6 Å². The van der Waals surface area contributed by atoms with Crippen LogP contribution in [0.25, 0.3) is 0 Å². The summed E-state index contributed by atoms with van der Waals surface area (Å²) in [5.74, 6) is 0.263. The predicted molar refractivity (Wildman–Crippen MR) is 91.2 cm³/mol. The van der Waals surface area contributed by atoms with Gasteiger partial charge in [0.15, 0.2) is 0 Å². The monoisotopic (exact) mass is 330 g/mol. The fourth-order valence-corrected chi connectivity index (χ4v) is 2.80. The maximum absolute atomic E-state index is 12.9. The van der Waals surface area contributed by atoms with Gasteiger partial charge in [-0.15, -0.1) is 0 Å². The van der Waals surface area contributed by atoms with Crippen molar-refractivity contribution in [2.24, 2.45) is 0 Å². The summed E-state index contributed by atoms with van der Waals surface area (Å²) in [6.45, 7) is 3.61. The molecule has 2 aromatic carbocycles. The molecule has 0 amide bonds. The van der Waals surface area contributed by atoms with E-state index in [2.05, 4.69) is 0 Å². The van der Waals surface area contributed by atoms with Crippen molar-refractivity contribution in [3.05, 3.63) is 47.5 Å². The molecule has 0 saturated heterocycles. The topological polar surface area (TPSA) is 76.0 Å². The molecule has 0 aromatic heterocycles. The molecule has 2 rings (SSSR count). The van der Waals surface area contributed by atoms with Crippen LogP contribution in [0.15, 0.2) is 36.4 Å². The quantitative estimate of drug-likeness (QED) is 0.846. The molecule has 0 fully saturated rings. The van der Waals surface area contributed by atoms with Crippen molar-refractivity contribution in [2.75, 3.05) is 14.2 Å². The van der Waals surface area contributed by atoms with Gasteiger partial charge in [0.2, 0.25) is 0 Å². The van der Waals surface area contributed by atoms with Crippen molar-refractivity contribution in [1.29, 1.82) is 0 Å². The fraction of sp³-hybridized carbons (Fsp3) is 0.316. The molecule has 0 heterocycles. The second-order valence-electron chi connectivity index (χ2n) is 5.70. The Hall–Kier alpha value is -2.69. The summed E-state index contributed by atoms with van der Waals surface area (Å²) in [6.07, 6.45) is 0. The van der Waals surface area contributed by atoms with Gasteiger partial charge in [-0.1, -0.05) is 26.0 Å². The molecule has 0 radical (unpaired) electrons. The maximum atomic E-state index is 12.9. The Balaban J connectivity index is 2.34. The molecule has 0 aliphatic rings. The van der Waals surface area contributed by atoms with Crippen LogP contribution >= 0.6 is 0 Å². The van der Waals surface area contributed by atoms with Gasteiger partial charge in [-0.2, -0.15) is 0 Å². The molecular formula is C19H22O5. The van der Waals surface area contributed by atoms with Gasteiger partial charge < -0.3 is 19.7 Å². The number of phenolic OH excluding ortho intramolecular Hbond substituents is 2. The molecule has 0 saturated carbocycles. The number of Topliss-reactive ketones (excluding diaryl/α,β-unsaturated/α-hetero) is 1. The second-order valence-corrected chi connectivity index (χ2v) is 5.70. The summed E-state index contributed by atoms with van der Waals surface area (Å²) in [4.78, 5) is 12.9. The Morgan fingerprint density at radius 3 is 1.54 bits per heavy atom. The number of ketones is 1. The number of phenols is 2. The molecule has 0 bridgehead atoms. The highest BCUT2D eigenvalue weighted by Gasteiger charge is 2.27. The highest BCUT2D eigenvalue weighted by atomic mass is 16.5. The summed E-state index contributed by atoms with van der Waals surface area (Å²) < 4.78 is 10.5. The number of aromatic hydroxyl groups is 2. The standard InChI is InChI=1S/C19H22O5/c1-11(15-7-5-13(20)9-17(15)23-3)19(22)12(2)16-8-6-14(21)10-18(16)24-4/h5-12,20-21H,1-4H3. The minimum Gasteiger partial charge on any atom is -0.508 e. The van der Waals surface area contributed by atoms with Gasteiger partial charge in [0.25, 0.3) is 0 Å². The van der Waals surface area contributed by atoms with Gasteiger partial charge in [0, 0.05) is 35.1 Å². The number of hydrogen-bond donors (Lipinski definition) is 2. The molecule has 0 aliphatic heterocycles. The van der Waals surface area contributed by atoms with Gasteiger partial charge in [-0.05, 0) is 12.1 Å². The first-order chi connectivity index (χ1) is 11.4. The number of ether oxygens (including phenoxy) is 2. The van der Waals surface area contributed by atoms with Crippen LogP contribution in [-0.2, 0) is 4.79 Å². The van der Waals surface area contributed by atoms with E-state index in [1.165, 1.54) is 38.5 Å². The third kappa shape index (κ3) is 3.45. The van der Waals surface area contributed by atoms with E-state index >= 15 is 0 Å². The first-order valence-corrected chi connectivity index (χ1v) is 7.66. The molecule has 2 N–H and O–H groups in total. The highest BCUT2D eigenvalue weighted by Crippen LogP contribution is 2.36. The Morgan fingerprint density at radius 1 is 0.833 bits per heavy atom. The van der Waals surface area contributed by atoms with E-state index in [4.69, 9.17) is 9.47 Å². The normalized spacial score (nSPS) is 13.2. The van der Waals surface area contributed by atoms with E-state index in [0.717, 1.165) is 0 Å². The Morgan fingerprint density at radius 2 is 1.21 bits per heavy atom. The predicted octanol–water partition coefficient (Wildman–Crippen LogP) is 3.59. The Labute approximate surface area is 141 Å². The lowest BCUT2D eigenvalue weighted by molar-refractivity contribution is -0.121. The van der Waals surface area contributed by atoms with Crippen molar-refractivity contribution in [3.8, 4) is 23.0 Å². The number of carbonyl (C=O) groups is 1. The lowest BCUT2D eigenvalue weighted by Gasteiger charge is -2.20. The van der Waals surface area contributed by atoms with Crippen LogP contribution < -0.4 is 9.47 Å². The number of rotatable bonds is 6. The molecule has 2 unspecified atom stereocenters. The van der Waals surface area contributed by atoms with Crippen LogP contribution in [0.5, 0.6) is 23.0 Å². The molecule has 0 spiro atoms. The molecule has 5 nitrogen and oxygen atoms in total. The van der Waals surface area contributed by atoms with Crippen molar-refractivity contribution >= 4 is 5.78 Å². The summed E-state index contributed by atoms with van der Waals surface area (Å²) >= 11 is 0. The zero-order valence-electron chi connectivity index (χ0n) is 14.2. The number of methoxy groups -OCH3 is 2. The van der Waals surface area contributed by atoms with Gasteiger partial charge >= 0.3 is 0 Å². The summed E-state index contributed by atoms with van der Waals surface area (Å²) in [7, 11) is 3.00. The van der Waals surface area contributed by atoms with Crippen molar-refractivity contribution in [3.63, 3.8) is 0 Å². The molecular weight excluding hydrogens is 308 g/mol. The van der Waals surface area contributed by atoms with Crippen LogP contribution in [-0.4, -0.2) is 30.2 Å². The van der Waals surface area contributed by atoms with Crippen LogP contribution in [0, 0.1) is 0 Å². The molecule has 0 aliphatic carbocycles. The summed E-state index contributed by atoms with van der Waals surface area (Å²) in [6, 6.07) is 9.44. The molecule has 2 atom stereocenters. The van der Waals surface area contributed by atoms with Gasteiger partial charge in [0.1, 0.15) is 28.8 Å². The minimum atomic E-state index is -0.422. The van der Waals surface area contributed by atoms with E-state index in [1.807, 2.05) is 0 Å². The average molecular weight is 330 g/mol. The average Bonchev–Trinajstić information content (AvgIpc) is 2.59. The third-order valence-electron chi connectivity index (χ3n) is 4.22. The molecule has 24 heavy (non-hydrogen) atoms. The van der Waals surface area contributed by atoms with E-state index in [-0.39, 0.29) is 17.3 Å². The van der Waals surface area contributed by atoms with Crippen LogP contribution in [0.2, 0.25) is 0 Å². The van der Waals surface area contributed by atoms with Crippen molar-refractivity contribution in [2.45, 2.75) is 25.7 Å². The third-order valence-corrected chi connectivity index (χ3v) is 4.22. The van der Waals surface area contributed by atoms with Crippen LogP contribution in [0.4, 0.5) is 0 Å². The van der Waals surface area contributed by atoms with Gasteiger partial charge in [0.05, 0.1) is 14.2 Å². The van der Waals surface area contributed by atoms with E-state index < -0.39 is 11.8 Å². The smallest absolute Gasteiger partial charge is 0.147 e. The second kappa shape index (κ2) is 7.25. The largest absolute Gasteiger partial charge is 0.508 e. The lowest BCUT2D eigenvalue weighted by Crippen LogP contribution is -2.17.